The second-order valence-electron chi connectivity index (χ2n) is 7.31. The maximum absolute atomic E-state index is 12.6. The van der Waals surface area contributed by atoms with Crippen molar-refractivity contribution in [1.82, 2.24) is 9.88 Å². The van der Waals surface area contributed by atoms with Crippen LogP contribution in [0.1, 0.15) is 15.9 Å². The summed E-state index contributed by atoms with van der Waals surface area (Å²) in [6, 6.07) is 9.54. The SMILES string of the molecule is COC(=O)c1cncc(OCC2CN(C(=O)/C=C/c3ccc(N(C)C)cc3)CCO2)c1. The second kappa shape index (κ2) is 10.6. The van der Waals surface area contributed by atoms with Gasteiger partial charge in [-0.05, 0) is 29.8 Å². The molecule has 8 nitrogen and oxygen atoms in total. The van der Waals surface area contributed by atoms with E-state index in [-0.39, 0.29) is 18.6 Å². The van der Waals surface area contributed by atoms with Gasteiger partial charge in [-0.3, -0.25) is 9.78 Å². The quantitative estimate of drug-likeness (QED) is 0.497. The minimum Gasteiger partial charge on any atom is -0.489 e. The largest absolute Gasteiger partial charge is 0.489 e. The minimum atomic E-state index is -0.480. The third-order valence-electron chi connectivity index (χ3n) is 4.85. The Bertz CT molecular complexity index is 927. The van der Waals surface area contributed by atoms with E-state index in [1.54, 1.807) is 17.0 Å². The third kappa shape index (κ3) is 6.29. The Morgan fingerprint density at radius 3 is 2.74 bits per heavy atom. The molecule has 0 spiro atoms. The summed E-state index contributed by atoms with van der Waals surface area (Å²) in [5, 5.41) is 0. The summed E-state index contributed by atoms with van der Waals surface area (Å²) in [4.78, 5) is 31.9. The number of carbonyl (C=O) groups is 2. The maximum Gasteiger partial charge on any atom is 0.339 e. The molecule has 0 bridgehead atoms. The first kappa shape index (κ1) is 22.3. The normalized spacial score (nSPS) is 16.2. The van der Waals surface area contributed by atoms with Gasteiger partial charge in [-0.15, -0.1) is 0 Å². The van der Waals surface area contributed by atoms with Gasteiger partial charge in [0.2, 0.25) is 5.91 Å². The molecule has 2 heterocycles. The van der Waals surface area contributed by atoms with Gasteiger partial charge in [0, 0.05) is 38.6 Å². The summed E-state index contributed by atoms with van der Waals surface area (Å²) < 4.78 is 16.1. The number of nitrogens with zero attached hydrogens (tertiary/aromatic N) is 3. The van der Waals surface area contributed by atoms with Crippen molar-refractivity contribution < 1.29 is 23.8 Å². The highest BCUT2D eigenvalue weighted by Gasteiger charge is 2.23. The Morgan fingerprint density at radius 2 is 2.03 bits per heavy atom. The number of rotatable bonds is 7. The van der Waals surface area contributed by atoms with Crippen LogP contribution < -0.4 is 9.64 Å². The second-order valence-corrected chi connectivity index (χ2v) is 7.31. The van der Waals surface area contributed by atoms with Crippen LogP contribution in [0, 0.1) is 0 Å². The molecule has 2 aromatic rings. The smallest absolute Gasteiger partial charge is 0.339 e. The molecule has 0 N–H and O–H groups in total. The first-order valence-electron chi connectivity index (χ1n) is 9.98. The lowest BCUT2D eigenvalue weighted by Crippen LogP contribution is -2.47. The lowest BCUT2D eigenvalue weighted by molar-refractivity contribution is -0.134. The van der Waals surface area contributed by atoms with Gasteiger partial charge < -0.3 is 24.0 Å². The van der Waals surface area contributed by atoms with Crippen LogP contribution in [0.3, 0.4) is 0 Å². The summed E-state index contributed by atoms with van der Waals surface area (Å²) in [5.74, 6) is -0.109. The van der Waals surface area contributed by atoms with Crippen molar-refractivity contribution in [1.29, 1.82) is 0 Å². The number of anilines is 1. The first-order chi connectivity index (χ1) is 15.0. The van der Waals surface area contributed by atoms with Gasteiger partial charge >= 0.3 is 5.97 Å². The zero-order valence-electron chi connectivity index (χ0n) is 18.0. The van der Waals surface area contributed by atoms with E-state index in [2.05, 4.69) is 9.72 Å². The fraction of sp³-hybridized carbons (Fsp3) is 0.348. The van der Waals surface area contributed by atoms with Crippen LogP contribution in [-0.2, 0) is 14.3 Å². The van der Waals surface area contributed by atoms with Gasteiger partial charge in [0.25, 0.3) is 0 Å². The Kier molecular flexibility index (Phi) is 7.61. The molecule has 1 aromatic carbocycles. The van der Waals surface area contributed by atoms with Gasteiger partial charge in [0.05, 0.1) is 32.0 Å². The van der Waals surface area contributed by atoms with Crippen LogP contribution >= 0.6 is 0 Å². The lowest BCUT2D eigenvalue weighted by atomic mass is 10.2. The summed E-state index contributed by atoms with van der Waals surface area (Å²) in [6.07, 6.45) is 6.05. The Labute approximate surface area is 182 Å². The molecule has 1 atom stereocenters. The number of hydrogen-bond donors (Lipinski definition) is 0. The maximum atomic E-state index is 12.6. The molecule has 0 saturated carbocycles. The molecule has 8 heteroatoms. The molecule has 1 saturated heterocycles. The molecular weight excluding hydrogens is 398 g/mol. The summed E-state index contributed by atoms with van der Waals surface area (Å²) in [6.45, 7) is 1.63. The van der Waals surface area contributed by atoms with E-state index in [9.17, 15) is 9.59 Å². The molecule has 1 aliphatic heterocycles. The number of methoxy groups -OCH3 is 1. The Hall–Kier alpha value is -3.39. The van der Waals surface area contributed by atoms with Gasteiger partial charge in [0.15, 0.2) is 0 Å². The predicted octanol–water partition coefficient (Wildman–Crippen LogP) is 2.25. The molecule has 3 rings (SSSR count). The highest BCUT2D eigenvalue weighted by atomic mass is 16.5. The topological polar surface area (TPSA) is 81.2 Å². The molecule has 164 valence electrons. The van der Waals surface area contributed by atoms with Gasteiger partial charge in [0.1, 0.15) is 18.5 Å². The third-order valence-corrected chi connectivity index (χ3v) is 4.85. The number of esters is 1. The highest BCUT2D eigenvalue weighted by Crippen LogP contribution is 2.15. The van der Waals surface area contributed by atoms with E-state index >= 15 is 0 Å². The predicted molar refractivity (Wildman–Crippen MR) is 117 cm³/mol. The van der Waals surface area contributed by atoms with Crippen LogP contribution in [0.5, 0.6) is 5.75 Å². The average molecular weight is 425 g/mol. The van der Waals surface area contributed by atoms with Crippen LogP contribution in [0.2, 0.25) is 0 Å². The van der Waals surface area contributed by atoms with Crippen molar-refractivity contribution in [2.75, 3.05) is 52.4 Å². The van der Waals surface area contributed by atoms with E-state index in [0.717, 1.165) is 11.3 Å². The van der Waals surface area contributed by atoms with E-state index in [1.807, 2.05) is 49.3 Å². The van der Waals surface area contributed by atoms with Crippen molar-refractivity contribution in [3.63, 3.8) is 0 Å². The highest BCUT2D eigenvalue weighted by molar-refractivity contribution is 5.92. The minimum absolute atomic E-state index is 0.0701. The Morgan fingerprint density at radius 1 is 1.26 bits per heavy atom. The molecular formula is C23H27N3O5. The van der Waals surface area contributed by atoms with Gasteiger partial charge in [-0.1, -0.05) is 12.1 Å². The van der Waals surface area contributed by atoms with Gasteiger partial charge in [-0.25, -0.2) is 4.79 Å². The molecule has 31 heavy (non-hydrogen) atoms. The molecule has 1 aromatic heterocycles. The standard InChI is InChI=1S/C23H27N3O5/c1-25(2)19-7-4-17(5-8-19)6-9-22(27)26-10-11-30-21(15-26)16-31-20-12-18(13-24-14-20)23(28)29-3/h4-9,12-14,21H,10-11,15-16H2,1-3H3/b9-6+. The number of hydrogen-bond acceptors (Lipinski definition) is 7. The number of ether oxygens (including phenoxy) is 3. The number of aromatic nitrogens is 1. The first-order valence-corrected chi connectivity index (χ1v) is 9.98. The van der Waals surface area contributed by atoms with Crippen LogP contribution in [-0.4, -0.2) is 75.4 Å². The van der Waals surface area contributed by atoms with E-state index in [4.69, 9.17) is 9.47 Å². The monoisotopic (exact) mass is 425 g/mol. The van der Waals surface area contributed by atoms with Crippen molar-refractivity contribution >= 4 is 23.6 Å². The number of benzene rings is 1. The van der Waals surface area contributed by atoms with Crippen molar-refractivity contribution in [3.8, 4) is 5.75 Å². The zero-order valence-corrected chi connectivity index (χ0v) is 18.0. The fourth-order valence-electron chi connectivity index (χ4n) is 3.09. The van der Waals surface area contributed by atoms with Crippen LogP contribution in [0.4, 0.5) is 5.69 Å². The van der Waals surface area contributed by atoms with Crippen LogP contribution in [0.25, 0.3) is 6.08 Å². The number of carbonyl (C=O) groups excluding carboxylic acids is 2. The molecule has 1 amide bonds. The lowest BCUT2D eigenvalue weighted by Gasteiger charge is -2.32. The number of pyridine rings is 1. The number of amides is 1. The molecule has 1 unspecified atom stereocenters. The van der Waals surface area contributed by atoms with Crippen molar-refractivity contribution in [3.05, 3.63) is 59.9 Å². The summed E-state index contributed by atoms with van der Waals surface area (Å²) >= 11 is 0. The Balaban J connectivity index is 1.52. The van der Waals surface area contributed by atoms with E-state index < -0.39 is 5.97 Å². The van der Waals surface area contributed by atoms with Crippen LogP contribution in [0.15, 0.2) is 48.8 Å². The molecule has 1 fully saturated rings. The molecule has 1 aliphatic rings. The number of morpholine rings is 1. The fourth-order valence-corrected chi connectivity index (χ4v) is 3.09. The van der Waals surface area contributed by atoms with Crippen molar-refractivity contribution in [2.24, 2.45) is 0 Å². The van der Waals surface area contributed by atoms with E-state index in [1.165, 1.54) is 19.5 Å². The van der Waals surface area contributed by atoms with Gasteiger partial charge in [-0.2, -0.15) is 0 Å². The summed E-state index contributed by atoms with van der Waals surface area (Å²) in [5.41, 5.74) is 2.38. The summed E-state index contributed by atoms with van der Waals surface area (Å²) in [7, 11) is 5.28. The average Bonchev–Trinajstić information content (AvgIpc) is 2.81. The molecule has 0 aliphatic carbocycles. The molecule has 0 radical (unpaired) electrons. The van der Waals surface area contributed by atoms with Crippen molar-refractivity contribution in [2.45, 2.75) is 6.10 Å². The zero-order chi connectivity index (χ0) is 22.2. The van der Waals surface area contributed by atoms with E-state index in [0.29, 0.717) is 31.0 Å².